The van der Waals surface area contributed by atoms with Gasteiger partial charge in [0.2, 0.25) is 0 Å². The summed E-state index contributed by atoms with van der Waals surface area (Å²) in [7, 11) is 1.77. The topological polar surface area (TPSA) is 41.6 Å². The number of hydrogen-bond acceptors (Lipinski definition) is 2. The van der Waals surface area contributed by atoms with E-state index in [1.165, 1.54) is 0 Å². The van der Waals surface area contributed by atoms with E-state index in [0.29, 0.717) is 24.0 Å². The summed E-state index contributed by atoms with van der Waals surface area (Å²) in [6.07, 6.45) is 2.20. The number of nitrogens with one attached hydrogen (secondary N) is 1. The Balaban J connectivity index is 1.78. The molecule has 2 amide bonds. The number of benzene rings is 1. The number of rotatable bonds is 4. The Morgan fingerprint density at radius 3 is 3.00 bits per heavy atom. The molecule has 0 radical (unpaired) electrons. The van der Waals surface area contributed by atoms with E-state index in [4.69, 9.17) is 16.3 Å². The van der Waals surface area contributed by atoms with Crippen molar-refractivity contribution in [1.29, 1.82) is 0 Å². The molecule has 1 aliphatic heterocycles. The van der Waals surface area contributed by atoms with Gasteiger partial charge in [-0.15, -0.1) is 0 Å². The summed E-state index contributed by atoms with van der Waals surface area (Å²) >= 11 is 6.10. The minimum Gasteiger partial charge on any atom is -0.381 e. The minimum absolute atomic E-state index is 0.0736. The largest absolute Gasteiger partial charge is 0.381 e. The van der Waals surface area contributed by atoms with Gasteiger partial charge in [-0.25, -0.2) is 4.79 Å². The molecule has 0 spiro atoms. The third kappa shape index (κ3) is 4.39. The Hall–Kier alpha value is -1.26. The van der Waals surface area contributed by atoms with E-state index < -0.39 is 0 Å². The number of hydrogen-bond donors (Lipinski definition) is 1. The predicted molar refractivity (Wildman–Crippen MR) is 79.9 cm³/mol. The van der Waals surface area contributed by atoms with E-state index in [1.54, 1.807) is 11.9 Å². The molecule has 2 rings (SSSR count). The monoisotopic (exact) mass is 296 g/mol. The predicted octanol–water partition coefficient (Wildman–Crippen LogP) is 2.91. The van der Waals surface area contributed by atoms with Crippen LogP contribution in [-0.2, 0) is 11.3 Å². The van der Waals surface area contributed by atoms with Crippen molar-refractivity contribution in [3.8, 4) is 0 Å². The molecular weight excluding hydrogens is 276 g/mol. The first-order valence-corrected chi connectivity index (χ1v) is 7.34. The molecule has 1 unspecified atom stereocenters. The molecule has 1 aromatic rings. The van der Waals surface area contributed by atoms with Crippen molar-refractivity contribution >= 4 is 17.6 Å². The zero-order valence-electron chi connectivity index (χ0n) is 11.8. The van der Waals surface area contributed by atoms with Crippen LogP contribution in [0.2, 0.25) is 5.02 Å². The highest BCUT2D eigenvalue weighted by atomic mass is 35.5. The van der Waals surface area contributed by atoms with Crippen LogP contribution in [0.3, 0.4) is 0 Å². The van der Waals surface area contributed by atoms with Crippen molar-refractivity contribution in [2.75, 3.05) is 26.8 Å². The van der Waals surface area contributed by atoms with Crippen molar-refractivity contribution in [2.45, 2.75) is 19.4 Å². The van der Waals surface area contributed by atoms with Crippen LogP contribution in [0.15, 0.2) is 24.3 Å². The Labute approximate surface area is 125 Å². The fourth-order valence-electron chi connectivity index (χ4n) is 2.29. The molecule has 0 saturated carbocycles. The van der Waals surface area contributed by atoms with Crippen molar-refractivity contribution in [2.24, 2.45) is 5.92 Å². The van der Waals surface area contributed by atoms with Crippen LogP contribution in [0.5, 0.6) is 0 Å². The Morgan fingerprint density at radius 2 is 2.30 bits per heavy atom. The van der Waals surface area contributed by atoms with Gasteiger partial charge in [0.25, 0.3) is 0 Å². The first kappa shape index (κ1) is 15.1. The lowest BCUT2D eigenvalue weighted by atomic mass is 10.0. The van der Waals surface area contributed by atoms with Crippen LogP contribution in [-0.4, -0.2) is 37.7 Å². The van der Waals surface area contributed by atoms with Gasteiger partial charge in [0, 0.05) is 31.8 Å². The van der Waals surface area contributed by atoms with Gasteiger partial charge in [0.1, 0.15) is 0 Å². The Bertz CT molecular complexity index is 447. The summed E-state index contributed by atoms with van der Waals surface area (Å²) in [5.74, 6) is 0.432. The van der Waals surface area contributed by atoms with Gasteiger partial charge >= 0.3 is 6.03 Å². The van der Waals surface area contributed by atoms with E-state index in [1.807, 2.05) is 24.3 Å². The molecule has 0 aliphatic carbocycles. The average molecular weight is 297 g/mol. The average Bonchev–Trinajstić information content (AvgIpc) is 2.48. The van der Waals surface area contributed by atoms with Crippen LogP contribution in [0.1, 0.15) is 18.4 Å². The summed E-state index contributed by atoms with van der Waals surface area (Å²) in [5, 5.41) is 3.64. The smallest absolute Gasteiger partial charge is 0.317 e. The van der Waals surface area contributed by atoms with Gasteiger partial charge in [0.15, 0.2) is 0 Å². The molecule has 20 heavy (non-hydrogen) atoms. The van der Waals surface area contributed by atoms with Crippen LogP contribution in [0, 0.1) is 5.92 Å². The van der Waals surface area contributed by atoms with Crippen LogP contribution in [0.4, 0.5) is 4.79 Å². The molecule has 1 heterocycles. The lowest BCUT2D eigenvalue weighted by Crippen LogP contribution is -2.40. The van der Waals surface area contributed by atoms with Crippen molar-refractivity contribution in [3.05, 3.63) is 34.9 Å². The second-order valence-electron chi connectivity index (χ2n) is 5.22. The van der Waals surface area contributed by atoms with E-state index in [9.17, 15) is 4.79 Å². The standard InChI is InChI=1S/C15H21ClN2O2/c1-18(10-13-6-2-3-7-14(13)16)15(19)17-9-12-5-4-8-20-11-12/h2-3,6-7,12H,4-5,8-11H2,1H3,(H,17,19). The summed E-state index contributed by atoms with van der Waals surface area (Å²) < 4.78 is 5.40. The third-order valence-corrected chi connectivity index (χ3v) is 3.88. The first-order chi connectivity index (χ1) is 9.66. The number of ether oxygens (including phenoxy) is 1. The van der Waals surface area contributed by atoms with Gasteiger partial charge in [-0.3, -0.25) is 0 Å². The van der Waals surface area contributed by atoms with Gasteiger partial charge in [-0.2, -0.15) is 0 Å². The molecule has 1 N–H and O–H groups in total. The normalized spacial score (nSPS) is 18.6. The maximum atomic E-state index is 12.0. The fraction of sp³-hybridized carbons (Fsp3) is 0.533. The highest BCUT2D eigenvalue weighted by Gasteiger charge is 2.16. The number of amides is 2. The van der Waals surface area contributed by atoms with Gasteiger partial charge in [-0.05, 0) is 30.4 Å². The SMILES string of the molecule is CN(Cc1ccccc1Cl)C(=O)NCC1CCCOC1. The molecule has 1 fully saturated rings. The van der Waals surface area contributed by atoms with Crippen molar-refractivity contribution in [3.63, 3.8) is 0 Å². The third-order valence-electron chi connectivity index (χ3n) is 3.51. The lowest BCUT2D eigenvalue weighted by molar-refractivity contribution is 0.0552. The van der Waals surface area contributed by atoms with Crippen LogP contribution >= 0.6 is 11.6 Å². The summed E-state index contributed by atoms with van der Waals surface area (Å²) in [4.78, 5) is 13.7. The van der Waals surface area contributed by atoms with E-state index in [0.717, 1.165) is 31.6 Å². The fourth-order valence-corrected chi connectivity index (χ4v) is 2.48. The van der Waals surface area contributed by atoms with E-state index in [2.05, 4.69) is 5.32 Å². The molecule has 0 aromatic heterocycles. The number of carbonyl (C=O) groups excluding carboxylic acids is 1. The lowest BCUT2D eigenvalue weighted by Gasteiger charge is -2.24. The van der Waals surface area contributed by atoms with Gasteiger partial charge < -0.3 is 15.0 Å². The highest BCUT2D eigenvalue weighted by molar-refractivity contribution is 6.31. The first-order valence-electron chi connectivity index (χ1n) is 6.97. The van der Waals surface area contributed by atoms with Crippen LogP contribution < -0.4 is 5.32 Å². The quantitative estimate of drug-likeness (QED) is 0.928. The molecule has 1 aliphatic rings. The number of urea groups is 1. The van der Waals surface area contributed by atoms with Crippen LogP contribution in [0.25, 0.3) is 0 Å². The minimum atomic E-state index is -0.0736. The molecule has 4 nitrogen and oxygen atoms in total. The molecule has 0 bridgehead atoms. The number of nitrogens with zero attached hydrogens (tertiary/aromatic N) is 1. The molecule has 5 heteroatoms. The molecule has 1 saturated heterocycles. The van der Waals surface area contributed by atoms with Gasteiger partial charge in [-0.1, -0.05) is 29.8 Å². The molecular formula is C15H21ClN2O2. The molecule has 110 valence electrons. The maximum absolute atomic E-state index is 12.0. The second-order valence-corrected chi connectivity index (χ2v) is 5.62. The molecule has 1 aromatic carbocycles. The molecule has 1 atom stereocenters. The summed E-state index contributed by atoms with van der Waals surface area (Å²) in [6, 6.07) is 7.50. The van der Waals surface area contributed by atoms with Crippen molar-refractivity contribution in [1.82, 2.24) is 10.2 Å². The zero-order valence-corrected chi connectivity index (χ0v) is 12.5. The summed E-state index contributed by atoms with van der Waals surface area (Å²) in [5.41, 5.74) is 0.952. The number of carbonyl (C=O) groups is 1. The highest BCUT2D eigenvalue weighted by Crippen LogP contribution is 2.16. The summed E-state index contributed by atoms with van der Waals surface area (Å²) in [6.45, 7) is 2.77. The Kier molecular flexibility index (Phi) is 5.68. The Morgan fingerprint density at radius 1 is 1.50 bits per heavy atom. The maximum Gasteiger partial charge on any atom is 0.317 e. The van der Waals surface area contributed by atoms with E-state index in [-0.39, 0.29) is 6.03 Å². The second kappa shape index (κ2) is 7.50. The van der Waals surface area contributed by atoms with Gasteiger partial charge in [0.05, 0.1) is 6.61 Å². The number of halogens is 1. The zero-order chi connectivity index (χ0) is 14.4. The van der Waals surface area contributed by atoms with E-state index >= 15 is 0 Å². The van der Waals surface area contributed by atoms with Crippen molar-refractivity contribution < 1.29 is 9.53 Å².